The van der Waals surface area contributed by atoms with Gasteiger partial charge in [0.05, 0.1) is 0 Å². The molecule has 126 valence electrons. The van der Waals surface area contributed by atoms with Crippen molar-refractivity contribution in [2.75, 3.05) is 65.7 Å². The van der Waals surface area contributed by atoms with Crippen molar-refractivity contribution in [2.24, 2.45) is 5.41 Å². The standard InChI is InChI=1S/C17H37N3S/c1-5-7-17(16-21,8-6-2)15-20-13-11-19(12-14-20)10-9-18(3)4/h21H,5-16H2,1-4H3. The minimum absolute atomic E-state index is 0.443. The van der Waals surface area contributed by atoms with Crippen LogP contribution in [0.2, 0.25) is 0 Å². The zero-order chi connectivity index (χ0) is 15.7. The minimum atomic E-state index is 0.443. The second-order valence-corrected chi connectivity index (χ2v) is 7.40. The van der Waals surface area contributed by atoms with Crippen LogP contribution in [-0.2, 0) is 0 Å². The molecule has 0 bridgehead atoms. The fourth-order valence-electron chi connectivity index (χ4n) is 3.54. The molecule has 1 fully saturated rings. The molecule has 0 spiro atoms. The average Bonchev–Trinajstić information content (AvgIpc) is 2.47. The highest BCUT2D eigenvalue weighted by Gasteiger charge is 2.30. The van der Waals surface area contributed by atoms with Gasteiger partial charge in [0.25, 0.3) is 0 Å². The first kappa shape index (κ1) is 19.3. The Kier molecular flexibility index (Phi) is 9.26. The van der Waals surface area contributed by atoms with Gasteiger partial charge in [0.1, 0.15) is 0 Å². The predicted octanol–water partition coefficient (Wildman–Crippen LogP) is 2.68. The number of thiol groups is 1. The SMILES string of the molecule is CCCC(CS)(CCC)CN1CCN(CCN(C)C)CC1. The van der Waals surface area contributed by atoms with Crippen LogP contribution in [0.5, 0.6) is 0 Å². The summed E-state index contributed by atoms with van der Waals surface area (Å²) in [6, 6.07) is 0. The third-order valence-corrected chi connectivity index (χ3v) is 5.45. The van der Waals surface area contributed by atoms with Gasteiger partial charge >= 0.3 is 0 Å². The fourth-order valence-corrected chi connectivity index (χ4v) is 3.95. The molecule has 0 aromatic heterocycles. The van der Waals surface area contributed by atoms with Crippen molar-refractivity contribution < 1.29 is 0 Å². The molecular weight excluding hydrogens is 278 g/mol. The van der Waals surface area contributed by atoms with Crippen molar-refractivity contribution in [2.45, 2.75) is 39.5 Å². The number of rotatable bonds is 10. The van der Waals surface area contributed by atoms with Crippen LogP contribution in [0.4, 0.5) is 0 Å². The first-order chi connectivity index (χ1) is 10.0. The summed E-state index contributed by atoms with van der Waals surface area (Å²) >= 11 is 4.70. The van der Waals surface area contributed by atoms with E-state index in [4.69, 9.17) is 12.6 Å². The number of hydrogen-bond donors (Lipinski definition) is 1. The lowest BCUT2D eigenvalue weighted by molar-refractivity contribution is 0.0811. The number of piperazine rings is 1. The van der Waals surface area contributed by atoms with E-state index in [-0.39, 0.29) is 0 Å². The van der Waals surface area contributed by atoms with Crippen LogP contribution >= 0.6 is 12.6 Å². The molecule has 1 aliphatic heterocycles. The molecule has 3 nitrogen and oxygen atoms in total. The van der Waals surface area contributed by atoms with Crippen molar-refractivity contribution in [1.29, 1.82) is 0 Å². The highest BCUT2D eigenvalue weighted by molar-refractivity contribution is 7.80. The molecule has 0 aromatic rings. The lowest BCUT2D eigenvalue weighted by Gasteiger charge is -2.41. The molecule has 0 radical (unpaired) electrons. The van der Waals surface area contributed by atoms with E-state index in [1.807, 2.05) is 0 Å². The van der Waals surface area contributed by atoms with Crippen LogP contribution in [-0.4, -0.2) is 80.4 Å². The van der Waals surface area contributed by atoms with E-state index >= 15 is 0 Å². The molecule has 1 aliphatic rings. The molecule has 1 saturated heterocycles. The van der Waals surface area contributed by atoms with Gasteiger partial charge in [-0.15, -0.1) is 0 Å². The molecule has 0 atom stereocenters. The molecule has 1 rings (SSSR count). The number of hydrogen-bond acceptors (Lipinski definition) is 4. The highest BCUT2D eigenvalue weighted by Crippen LogP contribution is 2.32. The maximum atomic E-state index is 4.70. The molecule has 21 heavy (non-hydrogen) atoms. The molecule has 0 N–H and O–H groups in total. The Morgan fingerprint density at radius 3 is 1.90 bits per heavy atom. The van der Waals surface area contributed by atoms with E-state index in [1.54, 1.807) is 0 Å². The van der Waals surface area contributed by atoms with Gasteiger partial charge in [-0.3, -0.25) is 4.90 Å². The molecule has 0 amide bonds. The van der Waals surface area contributed by atoms with Crippen LogP contribution in [0, 0.1) is 5.41 Å². The summed E-state index contributed by atoms with van der Waals surface area (Å²) in [6.07, 6.45) is 5.21. The van der Waals surface area contributed by atoms with E-state index in [0.717, 1.165) is 5.75 Å². The molecule has 0 unspecified atom stereocenters. The Morgan fingerprint density at radius 2 is 1.48 bits per heavy atom. The van der Waals surface area contributed by atoms with E-state index in [2.05, 4.69) is 42.6 Å². The number of nitrogens with zero attached hydrogens (tertiary/aromatic N) is 3. The number of likely N-dealkylation sites (N-methyl/N-ethyl adjacent to an activating group) is 1. The predicted molar refractivity (Wildman–Crippen MR) is 97.5 cm³/mol. The van der Waals surface area contributed by atoms with E-state index in [0.29, 0.717) is 5.41 Å². The normalized spacial score (nSPS) is 18.6. The molecule has 1 heterocycles. The van der Waals surface area contributed by atoms with Gasteiger partial charge in [0.15, 0.2) is 0 Å². The van der Waals surface area contributed by atoms with Crippen LogP contribution in [0.3, 0.4) is 0 Å². The Bertz CT molecular complexity index is 257. The van der Waals surface area contributed by atoms with Gasteiger partial charge in [-0.25, -0.2) is 0 Å². The average molecular weight is 316 g/mol. The van der Waals surface area contributed by atoms with Crippen molar-refractivity contribution >= 4 is 12.6 Å². The lowest BCUT2D eigenvalue weighted by atomic mass is 9.80. The fraction of sp³-hybridized carbons (Fsp3) is 1.00. The van der Waals surface area contributed by atoms with Crippen molar-refractivity contribution in [1.82, 2.24) is 14.7 Å². The van der Waals surface area contributed by atoms with Gasteiger partial charge in [0.2, 0.25) is 0 Å². The van der Waals surface area contributed by atoms with Gasteiger partial charge in [-0.2, -0.15) is 12.6 Å². The summed E-state index contributed by atoms with van der Waals surface area (Å²) in [7, 11) is 4.32. The van der Waals surface area contributed by atoms with Crippen LogP contribution < -0.4 is 0 Å². The van der Waals surface area contributed by atoms with E-state index in [1.165, 1.54) is 71.5 Å². The Morgan fingerprint density at radius 1 is 0.952 bits per heavy atom. The topological polar surface area (TPSA) is 9.72 Å². The summed E-state index contributed by atoms with van der Waals surface area (Å²) in [5.41, 5.74) is 0.443. The Labute approximate surface area is 138 Å². The van der Waals surface area contributed by atoms with E-state index < -0.39 is 0 Å². The summed E-state index contributed by atoms with van der Waals surface area (Å²) in [6.45, 7) is 13.2. The molecule has 4 heteroatoms. The Hall–Kier alpha value is 0.230. The zero-order valence-electron chi connectivity index (χ0n) is 14.8. The molecule has 0 saturated carbocycles. The summed E-state index contributed by atoms with van der Waals surface area (Å²) < 4.78 is 0. The summed E-state index contributed by atoms with van der Waals surface area (Å²) in [5, 5.41) is 0. The van der Waals surface area contributed by atoms with Gasteiger partial charge in [-0.1, -0.05) is 26.7 Å². The highest BCUT2D eigenvalue weighted by atomic mass is 32.1. The molecular formula is C17H37N3S. The quantitative estimate of drug-likeness (QED) is 0.621. The largest absolute Gasteiger partial charge is 0.308 e. The van der Waals surface area contributed by atoms with Crippen LogP contribution in [0.25, 0.3) is 0 Å². The van der Waals surface area contributed by atoms with Crippen LogP contribution in [0.15, 0.2) is 0 Å². The van der Waals surface area contributed by atoms with E-state index in [9.17, 15) is 0 Å². The second kappa shape index (κ2) is 10.1. The Balaban J connectivity index is 2.41. The van der Waals surface area contributed by atoms with Crippen molar-refractivity contribution in [3.63, 3.8) is 0 Å². The monoisotopic (exact) mass is 315 g/mol. The smallest absolute Gasteiger partial charge is 0.0110 e. The maximum Gasteiger partial charge on any atom is 0.0110 e. The van der Waals surface area contributed by atoms with Gasteiger partial charge in [-0.05, 0) is 38.1 Å². The summed E-state index contributed by atoms with van der Waals surface area (Å²) in [5.74, 6) is 1.04. The van der Waals surface area contributed by atoms with Crippen LogP contribution in [0.1, 0.15) is 39.5 Å². The summed E-state index contributed by atoms with van der Waals surface area (Å²) in [4.78, 5) is 7.58. The maximum absolute atomic E-state index is 4.70. The minimum Gasteiger partial charge on any atom is -0.308 e. The lowest BCUT2D eigenvalue weighted by Crippen LogP contribution is -2.51. The molecule has 0 aromatic carbocycles. The first-order valence-electron chi connectivity index (χ1n) is 8.75. The van der Waals surface area contributed by atoms with Crippen molar-refractivity contribution in [3.05, 3.63) is 0 Å². The van der Waals surface area contributed by atoms with Gasteiger partial charge in [0, 0.05) is 45.8 Å². The third-order valence-electron chi connectivity index (χ3n) is 4.78. The third kappa shape index (κ3) is 6.89. The molecule has 0 aliphatic carbocycles. The second-order valence-electron chi connectivity index (χ2n) is 7.08. The van der Waals surface area contributed by atoms with Crippen molar-refractivity contribution in [3.8, 4) is 0 Å². The van der Waals surface area contributed by atoms with Gasteiger partial charge < -0.3 is 9.80 Å². The zero-order valence-corrected chi connectivity index (χ0v) is 15.7. The first-order valence-corrected chi connectivity index (χ1v) is 9.39.